The second-order valence-corrected chi connectivity index (χ2v) is 9.66. The number of hydrogen-bond donors (Lipinski definition) is 1. The number of rotatable bonds is 4. The zero-order valence-corrected chi connectivity index (χ0v) is 21.4. The van der Waals surface area contributed by atoms with Crippen LogP contribution in [0.25, 0.3) is 22.0 Å². The molecule has 4 aromatic rings. The monoisotopic (exact) mass is 549 g/mol. The van der Waals surface area contributed by atoms with Crippen LogP contribution in [0.15, 0.2) is 81.1 Å². The standard InChI is InChI=1S/C27H21BrClN3O3/c1-15(33)32-24(16-5-4-8-20(12-16)35-2)14-23(31-32)26-25(17-6-3-7-19(29)11-17)21-13-18(28)9-10-22(21)30-27(26)34/h3-13,24H,14H2,1-2H3,(H,30,34)/t24-/m0/s1. The van der Waals surface area contributed by atoms with E-state index in [4.69, 9.17) is 16.3 Å². The lowest BCUT2D eigenvalue weighted by Crippen LogP contribution is -2.24. The Morgan fingerprint density at radius 2 is 1.91 bits per heavy atom. The normalized spacial score (nSPS) is 15.4. The lowest BCUT2D eigenvalue weighted by Gasteiger charge is -2.20. The maximum absolute atomic E-state index is 13.5. The van der Waals surface area contributed by atoms with Crippen LogP contribution in [0.3, 0.4) is 0 Å². The highest BCUT2D eigenvalue weighted by molar-refractivity contribution is 9.10. The Morgan fingerprint density at radius 1 is 1.11 bits per heavy atom. The van der Waals surface area contributed by atoms with E-state index in [1.807, 2.05) is 60.7 Å². The van der Waals surface area contributed by atoms with E-state index >= 15 is 0 Å². The van der Waals surface area contributed by atoms with Gasteiger partial charge < -0.3 is 9.72 Å². The fourth-order valence-electron chi connectivity index (χ4n) is 4.54. The van der Waals surface area contributed by atoms with Crippen molar-refractivity contribution in [2.45, 2.75) is 19.4 Å². The van der Waals surface area contributed by atoms with Gasteiger partial charge in [0, 0.05) is 39.3 Å². The number of benzene rings is 3. The number of hydrogen-bond acceptors (Lipinski definition) is 4. The number of halogens is 2. The van der Waals surface area contributed by atoms with Crippen molar-refractivity contribution >= 4 is 50.1 Å². The maximum Gasteiger partial charge on any atom is 0.258 e. The minimum Gasteiger partial charge on any atom is -0.497 e. The molecule has 0 unspecified atom stereocenters. The first-order chi connectivity index (χ1) is 16.9. The van der Waals surface area contributed by atoms with Gasteiger partial charge in [-0.2, -0.15) is 5.10 Å². The first kappa shape index (κ1) is 23.3. The zero-order chi connectivity index (χ0) is 24.7. The van der Waals surface area contributed by atoms with Crippen LogP contribution < -0.4 is 10.3 Å². The predicted molar refractivity (Wildman–Crippen MR) is 142 cm³/mol. The summed E-state index contributed by atoms with van der Waals surface area (Å²) in [6.07, 6.45) is 0.378. The Bertz CT molecular complexity index is 1560. The lowest BCUT2D eigenvalue weighted by molar-refractivity contribution is -0.130. The number of pyridine rings is 1. The van der Waals surface area contributed by atoms with Crippen LogP contribution in [0.4, 0.5) is 0 Å². The fraction of sp³-hybridized carbons (Fsp3) is 0.148. The molecule has 1 atom stereocenters. The zero-order valence-electron chi connectivity index (χ0n) is 19.0. The van der Waals surface area contributed by atoms with E-state index in [0.29, 0.717) is 34.0 Å². The van der Waals surface area contributed by atoms with E-state index in [1.54, 1.807) is 13.2 Å². The Balaban J connectivity index is 1.74. The van der Waals surface area contributed by atoms with Crippen LogP contribution in [0.2, 0.25) is 5.02 Å². The van der Waals surface area contributed by atoms with Gasteiger partial charge >= 0.3 is 0 Å². The summed E-state index contributed by atoms with van der Waals surface area (Å²) in [5.41, 5.74) is 3.78. The number of ether oxygens (including phenoxy) is 1. The van der Waals surface area contributed by atoms with E-state index in [1.165, 1.54) is 11.9 Å². The summed E-state index contributed by atoms with van der Waals surface area (Å²) < 4.78 is 6.25. The number of H-pyrrole nitrogens is 1. The van der Waals surface area contributed by atoms with Gasteiger partial charge in [-0.1, -0.05) is 51.8 Å². The molecule has 1 aromatic heterocycles. The average molecular weight is 551 g/mol. The van der Waals surface area contributed by atoms with Crippen LogP contribution in [-0.4, -0.2) is 28.7 Å². The number of amides is 1. The molecule has 1 aliphatic heterocycles. The molecule has 0 aliphatic carbocycles. The van der Waals surface area contributed by atoms with Crippen molar-refractivity contribution in [3.63, 3.8) is 0 Å². The molecular weight excluding hydrogens is 530 g/mol. The summed E-state index contributed by atoms with van der Waals surface area (Å²) in [5.74, 6) is 0.476. The van der Waals surface area contributed by atoms with Gasteiger partial charge in [-0.05, 0) is 53.6 Å². The molecule has 2 heterocycles. The third-order valence-corrected chi connectivity index (χ3v) is 6.82. The predicted octanol–water partition coefficient (Wildman–Crippen LogP) is 6.32. The molecular formula is C27H21BrClN3O3. The molecule has 0 saturated carbocycles. The van der Waals surface area contributed by atoms with Crippen molar-refractivity contribution in [1.29, 1.82) is 0 Å². The summed E-state index contributed by atoms with van der Waals surface area (Å²) in [4.78, 5) is 29.1. The Labute approximate surface area is 215 Å². The minimum atomic E-state index is -0.359. The van der Waals surface area contributed by atoms with Crippen LogP contribution in [-0.2, 0) is 4.79 Å². The molecule has 0 spiro atoms. The molecule has 1 amide bonds. The Morgan fingerprint density at radius 3 is 2.66 bits per heavy atom. The van der Waals surface area contributed by atoms with Crippen molar-refractivity contribution < 1.29 is 9.53 Å². The first-order valence-corrected chi connectivity index (χ1v) is 12.2. The van der Waals surface area contributed by atoms with Crippen LogP contribution in [0.1, 0.15) is 30.5 Å². The van der Waals surface area contributed by atoms with Crippen molar-refractivity contribution in [3.8, 4) is 16.9 Å². The van der Waals surface area contributed by atoms with Gasteiger partial charge in [-0.15, -0.1) is 0 Å². The van der Waals surface area contributed by atoms with Gasteiger partial charge in [0.25, 0.3) is 5.56 Å². The molecule has 0 fully saturated rings. The number of carbonyl (C=O) groups excluding carboxylic acids is 1. The van der Waals surface area contributed by atoms with Crippen LogP contribution >= 0.6 is 27.5 Å². The molecule has 0 radical (unpaired) electrons. The third kappa shape index (κ3) is 4.37. The van der Waals surface area contributed by atoms with E-state index in [9.17, 15) is 9.59 Å². The molecule has 3 aromatic carbocycles. The SMILES string of the molecule is COc1cccc([C@@H]2CC(c3c(-c4cccc(Cl)c4)c4cc(Br)ccc4[nH]c3=O)=NN2C(C)=O)c1. The molecule has 8 heteroatoms. The van der Waals surface area contributed by atoms with Gasteiger partial charge in [0.05, 0.1) is 24.4 Å². The number of carbonyl (C=O) groups is 1. The summed E-state index contributed by atoms with van der Waals surface area (Å²) in [6, 6.07) is 20.3. The van der Waals surface area contributed by atoms with E-state index in [0.717, 1.165) is 26.5 Å². The van der Waals surface area contributed by atoms with E-state index < -0.39 is 0 Å². The maximum atomic E-state index is 13.5. The van der Waals surface area contributed by atoms with Gasteiger partial charge in [-0.25, -0.2) is 5.01 Å². The van der Waals surface area contributed by atoms with Crippen molar-refractivity contribution in [1.82, 2.24) is 9.99 Å². The highest BCUT2D eigenvalue weighted by Gasteiger charge is 2.34. The molecule has 35 heavy (non-hydrogen) atoms. The van der Waals surface area contributed by atoms with E-state index in [2.05, 4.69) is 26.0 Å². The average Bonchev–Trinajstić information content (AvgIpc) is 3.29. The van der Waals surface area contributed by atoms with Crippen LogP contribution in [0.5, 0.6) is 5.75 Å². The fourth-order valence-corrected chi connectivity index (χ4v) is 5.10. The van der Waals surface area contributed by atoms with Gasteiger partial charge in [-0.3, -0.25) is 9.59 Å². The topological polar surface area (TPSA) is 74.8 Å². The number of hydrazone groups is 1. The van der Waals surface area contributed by atoms with E-state index in [-0.39, 0.29) is 17.5 Å². The highest BCUT2D eigenvalue weighted by atomic mass is 79.9. The number of nitrogens with zero attached hydrogens (tertiary/aromatic N) is 2. The number of methoxy groups -OCH3 is 1. The van der Waals surface area contributed by atoms with Gasteiger partial charge in [0.15, 0.2) is 0 Å². The molecule has 176 valence electrons. The van der Waals surface area contributed by atoms with Crippen LogP contribution in [0, 0.1) is 0 Å². The minimum absolute atomic E-state index is 0.211. The Kier molecular flexibility index (Phi) is 6.21. The van der Waals surface area contributed by atoms with Gasteiger partial charge in [0.2, 0.25) is 5.91 Å². The summed E-state index contributed by atoms with van der Waals surface area (Å²) in [7, 11) is 1.60. The highest BCUT2D eigenvalue weighted by Crippen LogP contribution is 2.38. The molecule has 5 rings (SSSR count). The quantitative estimate of drug-likeness (QED) is 0.323. The largest absolute Gasteiger partial charge is 0.497 e. The third-order valence-electron chi connectivity index (χ3n) is 6.09. The molecule has 6 nitrogen and oxygen atoms in total. The number of nitrogens with one attached hydrogen (secondary N) is 1. The lowest BCUT2D eigenvalue weighted by atomic mass is 9.91. The van der Waals surface area contributed by atoms with Crippen molar-refractivity contribution in [2.24, 2.45) is 5.10 Å². The molecule has 1 aliphatic rings. The van der Waals surface area contributed by atoms with Crippen molar-refractivity contribution in [3.05, 3.63) is 97.7 Å². The van der Waals surface area contributed by atoms with Gasteiger partial charge in [0.1, 0.15) is 5.75 Å². The summed E-state index contributed by atoms with van der Waals surface area (Å²) in [5, 5.41) is 7.51. The number of fused-ring (bicyclic) bond motifs is 1. The smallest absolute Gasteiger partial charge is 0.258 e. The second-order valence-electron chi connectivity index (χ2n) is 8.31. The first-order valence-electron chi connectivity index (χ1n) is 11.0. The Hall–Kier alpha value is -3.42. The summed E-state index contributed by atoms with van der Waals surface area (Å²) >= 11 is 9.88. The molecule has 0 saturated heterocycles. The molecule has 0 bridgehead atoms. The molecule has 1 N–H and O–H groups in total. The second kappa shape index (κ2) is 9.32. The number of aromatic amines is 1. The van der Waals surface area contributed by atoms with Crippen molar-refractivity contribution in [2.75, 3.05) is 7.11 Å². The number of aromatic nitrogens is 1. The summed E-state index contributed by atoms with van der Waals surface area (Å²) in [6.45, 7) is 1.47.